The number of thiazole rings is 1. The van der Waals surface area contributed by atoms with Crippen molar-refractivity contribution in [1.29, 1.82) is 0 Å². The highest BCUT2D eigenvalue weighted by atomic mass is 32.1. The summed E-state index contributed by atoms with van der Waals surface area (Å²) in [6, 6.07) is 6.68. The number of para-hydroxylation sites is 1. The number of benzene rings is 1. The van der Waals surface area contributed by atoms with E-state index in [1.165, 1.54) is 30.7 Å². The summed E-state index contributed by atoms with van der Waals surface area (Å²) in [6.07, 6.45) is 5.19. The third-order valence-corrected chi connectivity index (χ3v) is 8.08. The number of hydrogen-bond acceptors (Lipinski definition) is 10. The van der Waals surface area contributed by atoms with Crippen LogP contribution >= 0.6 is 11.3 Å². The Kier molecular flexibility index (Phi) is 9.76. The predicted octanol–water partition coefficient (Wildman–Crippen LogP) is 1.29. The molecule has 1 saturated heterocycles. The van der Waals surface area contributed by atoms with Crippen molar-refractivity contribution in [3.05, 3.63) is 41.0 Å². The molecule has 1 aliphatic heterocycles. The number of nitrogens with zero attached hydrogens (tertiary/aromatic N) is 4. The van der Waals surface area contributed by atoms with Crippen molar-refractivity contribution in [3.63, 3.8) is 0 Å². The van der Waals surface area contributed by atoms with Gasteiger partial charge in [0.2, 0.25) is 11.8 Å². The molecule has 0 atom stereocenters. The van der Waals surface area contributed by atoms with Crippen LogP contribution in [0.3, 0.4) is 0 Å². The zero-order valence-corrected chi connectivity index (χ0v) is 25.4. The second-order valence-corrected chi connectivity index (χ2v) is 11.8. The van der Waals surface area contributed by atoms with Crippen LogP contribution in [0.25, 0.3) is 10.6 Å². The molecular weight excluding hydrogens is 593 g/mol. The summed E-state index contributed by atoms with van der Waals surface area (Å²) in [7, 11) is 18.2. The number of aromatic nitrogens is 3. The molecular formula is C28H29B3N8O5S. The molecule has 2 aliphatic rings. The minimum Gasteiger partial charge on any atom is -0.494 e. The molecule has 226 valence electrons. The van der Waals surface area contributed by atoms with E-state index in [0.29, 0.717) is 52.8 Å². The van der Waals surface area contributed by atoms with Crippen molar-refractivity contribution in [1.82, 2.24) is 30.7 Å². The third-order valence-electron chi connectivity index (χ3n) is 7.05. The van der Waals surface area contributed by atoms with Crippen molar-refractivity contribution in [2.24, 2.45) is 5.92 Å². The van der Waals surface area contributed by atoms with Gasteiger partial charge in [-0.3, -0.25) is 19.2 Å². The second-order valence-electron chi connectivity index (χ2n) is 10.8. The summed E-state index contributed by atoms with van der Waals surface area (Å²) < 4.78 is 5.73. The number of carbonyl (C=O) groups is 4. The number of rotatable bonds is 13. The normalized spacial score (nSPS) is 14.6. The van der Waals surface area contributed by atoms with Crippen LogP contribution < -0.4 is 26.0 Å². The Morgan fingerprint density at radius 2 is 1.93 bits per heavy atom. The Morgan fingerprint density at radius 3 is 2.62 bits per heavy atom. The average Bonchev–Trinajstić information content (AvgIpc) is 3.59. The molecule has 5 rings (SSSR count). The maximum absolute atomic E-state index is 12.9. The van der Waals surface area contributed by atoms with E-state index in [9.17, 15) is 19.2 Å². The number of carbonyl (C=O) groups excluding carboxylic acids is 4. The molecule has 45 heavy (non-hydrogen) atoms. The Hall–Kier alpha value is -4.40. The molecule has 3 aromatic rings. The Labute approximate surface area is 267 Å². The van der Waals surface area contributed by atoms with Gasteiger partial charge in [0.1, 0.15) is 9.88 Å². The van der Waals surface area contributed by atoms with Gasteiger partial charge in [0, 0.05) is 38.0 Å². The van der Waals surface area contributed by atoms with Crippen molar-refractivity contribution in [3.8, 4) is 16.3 Å². The van der Waals surface area contributed by atoms with Crippen LogP contribution in [0.5, 0.6) is 5.75 Å². The second kappa shape index (κ2) is 13.7. The molecule has 2 fully saturated rings. The van der Waals surface area contributed by atoms with Crippen molar-refractivity contribution in [2.45, 2.75) is 37.3 Å². The molecule has 1 aromatic carbocycles. The fraction of sp³-hybridized carbons (Fsp3) is 0.393. The Bertz CT molecular complexity index is 1610. The van der Waals surface area contributed by atoms with Crippen molar-refractivity contribution >= 4 is 75.7 Å². The molecule has 3 heterocycles. The largest absolute Gasteiger partial charge is 0.494 e. The molecule has 1 aliphatic carbocycles. The van der Waals surface area contributed by atoms with Gasteiger partial charge in [-0.2, -0.15) is 0 Å². The van der Waals surface area contributed by atoms with Crippen molar-refractivity contribution < 1.29 is 23.9 Å². The van der Waals surface area contributed by atoms with Crippen LogP contribution in [-0.2, 0) is 9.59 Å². The summed E-state index contributed by atoms with van der Waals surface area (Å²) in [4.78, 5) is 56.5. The van der Waals surface area contributed by atoms with Crippen LogP contribution in [-0.4, -0.2) is 99.2 Å². The van der Waals surface area contributed by atoms with Gasteiger partial charge in [0.25, 0.3) is 11.8 Å². The predicted molar refractivity (Wildman–Crippen MR) is 171 cm³/mol. The highest BCUT2D eigenvalue weighted by Crippen LogP contribution is 2.40. The first-order valence-corrected chi connectivity index (χ1v) is 15.2. The lowest BCUT2D eigenvalue weighted by Crippen LogP contribution is -2.50. The van der Waals surface area contributed by atoms with Crippen LogP contribution in [0.2, 0.25) is 0 Å². The van der Waals surface area contributed by atoms with Crippen molar-refractivity contribution in [2.75, 3.05) is 37.4 Å². The van der Waals surface area contributed by atoms with E-state index in [2.05, 4.69) is 36.4 Å². The van der Waals surface area contributed by atoms with Gasteiger partial charge in [-0.25, -0.2) is 4.98 Å². The molecule has 4 N–H and O–H groups in total. The SMILES string of the molecule is [B]C([B])([B])NC(=O)c1nnc(NC(=O)C2CC2)cc1Nc1cccc(-c2ncc(C(=O)NCCCN3CCCC3=O)s2)c1OC. The molecule has 0 spiro atoms. The van der Waals surface area contributed by atoms with Gasteiger partial charge in [0.05, 0.1) is 53.8 Å². The molecule has 0 unspecified atom stereocenters. The summed E-state index contributed by atoms with van der Waals surface area (Å²) >= 11 is 1.18. The third kappa shape index (κ3) is 8.21. The number of hydrogen-bond donors (Lipinski definition) is 4. The van der Waals surface area contributed by atoms with E-state index in [1.807, 2.05) is 4.90 Å². The van der Waals surface area contributed by atoms with E-state index in [0.717, 1.165) is 25.8 Å². The first-order valence-electron chi connectivity index (χ1n) is 14.4. The number of amides is 4. The lowest BCUT2D eigenvalue weighted by molar-refractivity contribution is -0.127. The number of ether oxygens (including phenoxy) is 1. The monoisotopic (exact) mass is 622 g/mol. The van der Waals surface area contributed by atoms with E-state index in [-0.39, 0.29) is 40.8 Å². The smallest absolute Gasteiger partial charge is 0.272 e. The minimum absolute atomic E-state index is 0.0823. The van der Waals surface area contributed by atoms with Crippen LogP contribution in [0, 0.1) is 5.92 Å². The first kappa shape index (κ1) is 32.0. The minimum atomic E-state index is -2.02. The van der Waals surface area contributed by atoms with E-state index in [4.69, 9.17) is 28.3 Å². The van der Waals surface area contributed by atoms with E-state index >= 15 is 0 Å². The average molecular weight is 622 g/mol. The lowest BCUT2D eigenvalue weighted by atomic mass is 9.49. The molecule has 6 radical (unpaired) electrons. The quantitative estimate of drug-likeness (QED) is 0.162. The first-order chi connectivity index (χ1) is 21.5. The van der Waals surface area contributed by atoms with Gasteiger partial charge >= 0.3 is 0 Å². The van der Waals surface area contributed by atoms with Gasteiger partial charge in [-0.05, 0) is 37.8 Å². The van der Waals surface area contributed by atoms with Gasteiger partial charge in [-0.1, -0.05) is 11.3 Å². The maximum Gasteiger partial charge on any atom is 0.272 e. The highest BCUT2D eigenvalue weighted by Gasteiger charge is 2.30. The Balaban J connectivity index is 1.34. The molecule has 13 nitrogen and oxygen atoms in total. The molecule has 1 saturated carbocycles. The highest BCUT2D eigenvalue weighted by molar-refractivity contribution is 7.17. The van der Waals surface area contributed by atoms with Gasteiger partial charge in [-0.15, -0.1) is 21.5 Å². The van der Waals surface area contributed by atoms with Crippen LogP contribution in [0.4, 0.5) is 17.2 Å². The summed E-state index contributed by atoms with van der Waals surface area (Å²) in [5.41, 5.74) is 0.969. The van der Waals surface area contributed by atoms with Crippen LogP contribution in [0.1, 0.15) is 52.3 Å². The molecule has 17 heteroatoms. The van der Waals surface area contributed by atoms with E-state index in [1.54, 1.807) is 18.2 Å². The van der Waals surface area contributed by atoms with Gasteiger partial charge in [0.15, 0.2) is 17.3 Å². The molecule has 2 aromatic heterocycles. The van der Waals surface area contributed by atoms with E-state index < -0.39 is 11.1 Å². The number of methoxy groups -OCH3 is 1. The topological polar surface area (TPSA) is 168 Å². The summed E-state index contributed by atoms with van der Waals surface area (Å²) in [6.45, 7) is 1.80. The summed E-state index contributed by atoms with van der Waals surface area (Å²) in [5, 5.41) is 17.4. The molecule has 4 amide bonds. The zero-order valence-electron chi connectivity index (χ0n) is 24.6. The lowest BCUT2D eigenvalue weighted by Gasteiger charge is -2.23. The van der Waals surface area contributed by atoms with Crippen LogP contribution in [0.15, 0.2) is 30.5 Å². The maximum atomic E-state index is 12.9. The fourth-order valence-electron chi connectivity index (χ4n) is 4.72. The Morgan fingerprint density at radius 1 is 1.13 bits per heavy atom. The van der Waals surface area contributed by atoms with Gasteiger partial charge < -0.3 is 30.9 Å². The fourth-order valence-corrected chi connectivity index (χ4v) is 5.57. The number of nitrogens with one attached hydrogen (secondary N) is 4. The standard InChI is InChI=1S/C28H29B3N8O5S/c1-44-23-16(27-33-14-19(45-27)25(42)32-10-4-12-39-11-3-7-21(39)40)5-2-6-17(23)34-18-13-20(35-24(41)15-8-9-15)37-38-22(18)26(43)36-28(29,30)31/h2,5-6,13-15H,3-4,7-12H2,1H3,(H,32,42)(H,36,43)(H2,34,35,37,41). The molecule has 0 bridgehead atoms. The summed E-state index contributed by atoms with van der Waals surface area (Å²) in [5.74, 6) is -0.702. The number of likely N-dealkylation sites (tertiary alicyclic amines) is 1. The number of anilines is 3. The zero-order chi connectivity index (χ0) is 32.1.